The summed E-state index contributed by atoms with van der Waals surface area (Å²) in [4.78, 5) is 21.2. The molecule has 2 aromatic carbocycles. The Morgan fingerprint density at radius 2 is 1.83 bits per heavy atom. The first-order valence-electron chi connectivity index (χ1n) is 10.4. The Morgan fingerprint density at radius 1 is 1.03 bits per heavy atom. The molecule has 0 atom stereocenters. The van der Waals surface area contributed by atoms with Gasteiger partial charge in [-0.15, -0.1) is 0 Å². The summed E-state index contributed by atoms with van der Waals surface area (Å²) in [6, 6.07) is 16.4. The standard InChI is InChI=1S/C26H17ClF3N3O2/c1-31-24-7-3-2-6-22(24)18-13-23(25(34)33(16-18)20-5-4-9-32-15-20)17-11-19(27)14-21(12-17)35-10-8-26(28,29)30/h2-7,9,11-16H,8,10H2. The van der Waals surface area contributed by atoms with E-state index in [9.17, 15) is 18.0 Å². The summed E-state index contributed by atoms with van der Waals surface area (Å²) in [5.41, 5.74) is 2.31. The normalized spacial score (nSPS) is 11.2. The van der Waals surface area contributed by atoms with Crippen LogP contribution in [0.5, 0.6) is 5.75 Å². The number of aromatic nitrogens is 2. The van der Waals surface area contributed by atoms with E-state index in [0.29, 0.717) is 28.1 Å². The Hall–Kier alpha value is -4.09. The lowest BCUT2D eigenvalue weighted by molar-refractivity contribution is -0.139. The van der Waals surface area contributed by atoms with Gasteiger partial charge in [0.05, 0.1) is 31.5 Å². The average Bonchev–Trinajstić information content (AvgIpc) is 2.83. The molecule has 5 nitrogen and oxygen atoms in total. The van der Waals surface area contributed by atoms with Crippen molar-refractivity contribution >= 4 is 17.3 Å². The number of hydrogen-bond donors (Lipinski definition) is 0. The Morgan fingerprint density at radius 3 is 2.54 bits per heavy atom. The molecular formula is C26H17ClF3N3O2. The van der Waals surface area contributed by atoms with Gasteiger partial charge in [-0.3, -0.25) is 14.3 Å². The second-order valence-corrected chi connectivity index (χ2v) is 7.98. The van der Waals surface area contributed by atoms with Crippen LogP contribution in [-0.4, -0.2) is 22.3 Å². The van der Waals surface area contributed by atoms with E-state index in [2.05, 4.69) is 9.83 Å². The van der Waals surface area contributed by atoms with Crippen LogP contribution in [0.3, 0.4) is 0 Å². The topological polar surface area (TPSA) is 48.5 Å². The van der Waals surface area contributed by atoms with Crippen molar-refractivity contribution in [3.8, 4) is 33.7 Å². The minimum absolute atomic E-state index is 0.107. The van der Waals surface area contributed by atoms with Crippen molar-refractivity contribution in [2.75, 3.05) is 6.61 Å². The highest BCUT2D eigenvalue weighted by Gasteiger charge is 2.27. The summed E-state index contributed by atoms with van der Waals surface area (Å²) in [5, 5.41) is 0.198. The molecule has 0 unspecified atom stereocenters. The van der Waals surface area contributed by atoms with Gasteiger partial charge >= 0.3 is 6.18 Å². The summed E-state index contributed by atoms with van der Waals surface area (Å²) < 4.78 is 44.3. The maximum atomic E-state index is 13.5. The third-order valence-electron chi connectivity index (χ3n) is 5.11. The molecule has 0 fully saturated rings. The van der Waals surface area contributed by atoms with Crippen molar-refractivity contribution in [3.05, 3.63) is 106 Å². The quantitative estimate of drug-likeness (QED) is 0.268. The summed E-state index contributed by atoms with van der Waals surface area (Å²) >= 11 is 6.22. The Bertz CT molecular complexity index is 1460. The maximum absolute atomic E-state index is 13.5. The van der Waals surface area contributed by atoms with Gasteiger partial charge in [0.2, 0.25) is 0 Å². The number of hydrogen-bond acceptors (Lipinski definition) is 3. The number of para-hydroxylation sites is 1. The zero-order valence-corrected chi connectivity index (χ0v) is 18.8. The lowest BCUT2D eigenvalue weighted by Crippen LogP contribution is -2.20. The molecule has 0 bridgehead atoms. The highest BCUT2D eigenvalue weighted by Crippen LogP contribution is 2.34. The predicted molar refractivity (Wildman–Crippen MR) is 128 cm³/mol. The Kier molecular flexibility index (Phi) is 6.90. The first-order valence-corrected chi connectivity index (χ1v) is 10.8. The first kappa shape index (κ1) is 24.0. The van der Waals surface area contributed by atoms with Crippen LogP contribution in [0.4, 0.5) is 18.9 Å². The molecule has 0 aliphatic heterocycles. The molecule has 0 amide bonds. The molecule has 0 saturated heterocycles. The van der Waals surface area contributed by atoms with Crippen molar-refractivity contribution < 1.29 is 17.9 Å². The summed E-state index contributed by atoms with van der Waals surface area (Å²) in [6.45, 7) is 6.93. The fourth-order valence-electron chi connectivity index (χ4n) is 3.53. The van der Waals surface area contributed by atoms with Gasteiger partial charge < -0.3 is 4.74 Å². The molecule has 35 heavy (non-hydrogen) atoms. The van der Waals surface area contributed by atoms with Gasteiger partial charge in [-0.1, -0.05) is 35.9 Å². The zero-order chi connectivity index (χ0) is 25.0. The van der Waals surface area contributed by atoms with E-state index in [1.165, 1.54) is 29.0 Å². The first-order chi connectivity index (χ1) is 16.7. The van der Waals surface area contributed by atoms with Crippen LogP contribution in [0.25, 0.3) is 32.8 Å². The molecule has 0 spiro atoms. The van der Waals surface area contributed by atoms with Gasteiger partial charge in [0.15, 0.2) is 5.69 Å². The molecule has 176 valence electrons. The van der Waals surface area contributed by atoms with Crippen molar-refractivity contribution in [3.63, 3.8) is 0 Å². The van der Waals surface area contributed by atoms with Crippen molar-refractivity contribution in [1.29, 1.82) is 0 Å². The zero-order valence-electron chi connectivity index (χ0n) is 18.1. The number of pyridine rings is 2. The second kappa shape index (κ2) is 10.0. The molecular weight excluding hydrogens is 479 g/mol. The van der Waals surface area contributed by atoms with Gasteiger partial charge in [-0.2, -0.15) is 13.2 Å². The van der Waals surface area contributed by atoms with Gasteiger partial charge in [0.1, 0.15) is 5.75 Å². The van der Waals surface area contributed by atoms with Crippen molar-refractivity contribution in [2.45, 2.75) is 12.6 Å². The molecule has 0 radical (unpaired) electrons. The van der Waals surface area contributed by atoms with E-state index in [-0.39, 0.29) is 16.3 Å². The number of halogens is 4. The number of rotatable bonds is 6. The molecule has 9 heteroatoms. The Balaban J connectivity index is 1.88. The maximum Gasteiger partial charge on any atom is 0.392 e. The van der Waals surface area contributed by atoms with E-state index < -0.39 is 24.8 Å². The minimum atomic E-state index is -4.36. The SMILES string of the molecule is [C-]#[N+]c1ccccc1-c1cc(-c2cc(Cl)cc(OCCC(F)(F)F)c2)c(=O)n(-c2cccnc2)c1. The molecule has 4 rings (SSSR count). The third kappa shape index (κ3) is 5.70. The highest BCUT2D eigenvalue weighted by molar-refractivity contribution is 6.31. The molecule has 0 saturated carbocycles. The smallest absolute Gasteiger partial charge is 0.392 e. The van der Waals surface area contributed by atoms with Gasteiger partial charge in [0, 0.05) is 23.0 Å². The fraction of sp³-hybridized carbons (Fsp3) is 0.115. The Labute approximate surface area is 203 Å². The third-order valence-corrected chi connectivity index (χ3v) is 5.33. The lowest BCUT2D eigenvalue weighted by Gasteiger charge is -2.14. The van der Waals surface area contributed by atoms with Gasteiger partial charge in [-0.25, -0.2) is 4.85 Å². The van der Waals surface area contributed by atoms with Crippen LogP contribution < -0.4 is 10.3 Å². The van der Waals surface area contributed by atoms with E-state index in [0.717, 1.165) is 0 Å². The summed E-state index contributed by atoms with van der Waals surface area (Å²) in [7, 11) is 0. The van der Waals surface area contributed by atoms with Gasteiger partial charge in [0.25, 0.3) is 5.56 Å². The average molecular weight is 496 g/mol. The number of benzene rings is 2. The fourth-order valence-corrected chi connectivity index (χ4v) is 3.75. The lowest BCUT2D eigenvalue weighted by atomic mass is 10.00. The van der Waals surface area contributed by atoms with Crippen LogP contribution in [0, 0.1) is 6.57 Å². The van der Waals surface area contributed by atoms with Gasteiger partial charge in [-0.05, 0) is 53.1 Å². The largest absolute Gasteiger partial charge is 0.493 e. The van der Waals surface area contributed by atoms with E-state index in [1.54, 1.807) is 54.9 Å². The minimum Gasteiger partial charge on any atom is -0.493 e. The molecule has 0 aliphatic rings. The van der Waals surface area contributed by atoms with Crippen molar-refractivity contribution in [1.82, 2.24) is 9.55 Å². The van der Waals surface area contributed by atoms with Crippen LogP contribution >= 0.6 is 11.6 Å². The molecule has 4 aromatic rings. The number of alkyl halides is 3. The molecule has 0 N–H and O–H groups in total. The number of nitrogens with zero attached hydrogens (tertiary/aromatic N) is 3. The second-order valence-electron chi connectivity index (χ2n) is 7.55. The van der Waals surface area contributed by atoms with E-state index in [1.807, 2.05) is 0 Å². The highest BCUT2D eigenvalue weighted by atomic mass is 35.5. The van der Waals surface area contributed by atoms with Crippen LogP contribution in [0.1, 0.15) is 6.42 Å². The van der Waals surface area contributed by atoms with Crippen LogP contribution in [0.2, 0.25) is 5.02 Å². The molecule has 2 aromatic heterocycles. The molecule has 0 aliphatic carbocycles. The van der Waals surface area contributed by atoms with E-state index in [4.69, 9.17) is 22.9 Å². The molecule has 2 heterocycles. The summed E-state index contributed by atoms with van der Waals surface area (Å²) in [5.74, 6) is 0.107. The monoisotopic (exact) mass is 495 g/mol. The predicted octanol–water partition coefficient (Wildman–Crippen LogP) is 7.10. The summed E-state index contributed by atoms with van der Waals surface area (Å²) in [6.07, 6.45) is -0.748. The van der Waals surface area contributed by atoms with Crippen LogP contribution in [0.15, 0.2) is 84.0 Å². The van der Waals surface area contributed by atoms with Crippen LogP contribution in [-0.2, 0) is 0 Å². The van der Waals surface area contributed by atoms with Crippen molar-refractivity contribution in [2.24, 2.45) is 0 Å². The van der Waals surface area contributed by atoms with E-state index >= 15 is 0 Å². The number of ether oxygens (including phenoxy) is 1.